The van der Waals surface area contributed by atoms with Gasteiger partial charge in [0.15, 0.2) is 3.57 Å². The Labute approximate surface area is 134 Å². The minimum Gasteiger partial charge on any atom is -1.00 e. The molecule has 0 aliphatic carbocycles. The first-order valence-corrected chi connectivity index (χ1v) is 7.93. The summed E-state index contributed by atoms with van der Waals surface area (Å²) in [6.07, 6.45) is 0. The first-order valence-electron chi connectivity index (χ1n) is 5.77. The second-order valence-corrected chi connectivity index (χ2v) is 6.54. The molecule has 2 rings (SSSR count). The van der Waals surface area contributed by atoms with E-state index >= 15 is 0 Å². The van der Waals surface area contributed by atoms with Crippen molar-refractivity contribution in [2.45, 2.75) is 6.92 Å². The van der Waals surface area contributed by atoms with Crippen LogP contribution in [-0.2, 0) is 4.74 Å². The normalized spacial score (nSPS) is 9.53. The van der Waals surface area contributed by atoms with Crippen LogP contribution in [0, 0.1) is 7.14 Å². The van der Waals surface area contributed by atoms with E-state index in [2.05, 4.69) is 12.1 Å². The van der Waals surface area contributed by atoms with E-state index in [1.807, 2.05) is 49.4 Å². The van der Waals surface area contributed by atoms with Crippen LogP contribution in [0.5, 0.6) is 0 Å². The number of benzene rings is 2. The molecule has 0 unspecified atom stereocenters. The van der Waals surface area contributed by atoms with Gasteiger partial charge in [-0.2, -0.15) is 0 Å². The summed E-state index contributed by atoms with van der Waals surface area (Å²) in [4.78, 5) is 11.9. The van der Waals surface area contributed by atoms with Crippen molar-refractivity contribution < 1.29 is 47.7 Å². The van der Waals surface area contributed by atoms with Crippen molar-refractivity contribution in [1.29, 1.82) is 0 Å². The molecule has 0 aliphatic rings. The number of esters is 1. The third kappa shape index (κ3) is 4.62. The SMILES string of the molecule is CCOC(=O)c1ccccc1[I+]c1ccccc1.[Br-]. The summed E-state index contributed by atoms with van der Waals surface area (Å²) in [5, 5.41) is 0. The van der Waals surface area contributed by atoms with Gasteiger partial charge in [-0.25, -0.2) is 4.79 Å². The maximum atomic E-state index is 11.9. The molecule has 0 saturated heterocycles. The number of rotatable bonds is 4. The molecule has 0 fully saturated rings. The quantitative estimate of drug-likeness (QED) is 0.380. The summed E-state index contributed by atoms with van der Waals surface area (Å²) in [6, 6.07) is 18.0. The van der Waals surface area contributed by atoms with Gasteiger partial charge in [0, 0.05) is 0 Å². The summed E-state index contributed by atoms with van der Waals surface area (Å²) >= 11 is -0.339. The van der Waals surface area contributed by atoms with Crippen LogP contribution in [0.3, 0.4) is 0 Å². The van der Waals surface area contributed by atoms with E-state index in [1.165, 1.54) is 3.57 Å². The molecule has 0 aliphatic heterocycles. The van der Waals surface area contributed by atoms with Crippen LogP contribution < -0.4 is 38.2 Å². The topological polar surface area (TPSA) is 26.3 Å². The van der Waals surface area contributed by atoms with Gasteiger partial charge in [0.05, 0.1) is 6.61 Å². The lowest BCUT2D eigenvalue weighted by atomic mass is 10.2. The Kier molecular flexibility index (Phi) is 7.09. The minimum absolute atomic E-state index is 0. The monoisotopic (exact) mass is 432 g/mol. The lowest BCUT2D eigenvalue weighted by Gasteiger charge is -2.00. The number of carbonyl (C=O) groups excluding carboxylic acids is 1. The molecule has 0 bridgehead atoms. The largest absolute Gasteiger partial charge is 1.00 e. The van der Waals surface area contributed by atoms with Crippen LogP contribution in [0.4, 0.5) is 0 Å². The molecule has 0 N–H and O–H groups in total. The van der Waals surface area contributed by atoms with Gasteiger partial charge in [0.1, 0.15) is 5.56 Å². The molecule has 19 heavy (non-hydrogen) atoms. The smallest absolute Gasteiger partial charge is 0.358 e. The molecule has 2 aromatic rings. The van der Waals surface area contributed by atoms with Crippen LogP contribution >= 0.6 is 0 Å². The van der Waals surface area contributed by atoms with Gasteiger partial charge >= 0.3 is 27.2 Å². The Morgan fingerprint density at radius 2 is 1.68 bits per heavy atom. The number of halogens is 2. The van der Waals surface area contributed by atoms with E-state index in [4.69, 9.17) is 4.74 Å². The maximum Gasteiger partial charge on any atom is 0.358 e. The lowest BCUT2D eigenvalue weighted by molar-refractivity contribution is -0.597. The van der Waals surface area contributed by atoms with E-state index < -0.39 is 0 Å². The minimum atomic E-state index is -0.339. The highest BCUT2D eigenvalue weighted by atomic mass is 127. The predicted molar refractivity (Wildman–Crippen MR) is 66.2 cm³/mol. The summed E-state index contributed by atoms with van der Waals surface area (Å²) in [5.41, 5.74) is 0.705. The molecule has 0 amide bonds. The van der Waals surface area contributed by atoms with Crippen molar-refractivity contribution in [3.8, 4) is 0 Å². The van der Waals surface area contributed by atoms with E-state index in [0.29, 0.717) is 12.2 Å². The van der Waals surface area contributed by atoms with Gasteiger partial charge in [0.2, 0.25) is 3.57 Å². The second kappa shape index (κ2) is 8.32. The molecule has 0 atom stereocenters. The zero-order chi connectivity index (χ0) is 12.8. The van der Waals surface area contributed by atoms with Crippen molar-refractivity contribution in [3.05, 3.63) is 67.3 Å². The Hall–Kier alpha value is -0.880. The predicted octanol–water partition coefficient (Wildman–Crippen LogP) is -3.00. The van der Waals surface area contributed by atoms with Gasteiger partial charge in [-0.05, 0) is 31.2 Å². The van der Waals surface area contributed by atoms with Crippen LogP contribution in [0.25, 0.3) is 0 Å². The molecule has 4 heteroatoms. The summed E-state index contributed by atoms with van der Waals surface area (Å²) in [7, 11) is 0. The molecule has 2 nitrogen and oxygen atoms in total. The van der Waals surface area contributed by atoms with Gasteiger partial charge in [-0.1, -0.05) is 30.3 Å². The average Bonchev–Trinajstić information content (AvgIpc) is 2.41. The van der Waals surface area contributed by atoms with Crippen molar-refractivity contribution in [1.82, 2.24) is 0 Å². The van der Waals surface area contributed by atoms with Gasteiger partial charge in [-0.15, -0.1) is 0 Å². The standard InChI is InChI=1S/C15H14IO2.BrH/c1-2-18-15(17)13-10-6-7-11-14(13)16-12-8-4-3-5-9-12;/h3-11H,2H2,1H3;1H/q+1;/p-1. The fourth-order valence-electron chi connectivity index (χ4n) is 1.51. The molecule has 100 valence electrons. The molecule has 0 heterocycles. The second-order valence-electron chi connectivity index (χ2n) is 3.59. The van der Waals surface area contributed by atoms with Crippen LogP contribution in [0.15, 0.2) is 54.6 Å². The van der Waals surface area contributed by atoms with Gasteiger partial charge in [0.25, 0.3) is 0 Å². The van der Waals surface area contributed by atoms with Crippen molar-refractivity contribution in [2.24, 2.45) is 0 Å². The Morgan fingerprint density at radius 3 is 2.37 bits per heavy atom. The first-order chi connectivity index (χ1) is 8.81. The van der Waals surface area contributed by atoms with Crippen molar-refractivity contribution in [3.63, 3.8) is 0 Å². The van der Waals surface area contributed by atoms with Crippen LogP contribution in [0.2, 0.25) is 0 Å². The number of hydrogen-bond donors (Lipinski definition) is 0. The van der Waals surface area contributed by atoms with Crippen molar-refractivity contribution in [2.75, 3.05) is 6.61 Å². The van der Waals surface area contributed by atoms with Gasteiger partial charge < -0.3 is 21.7 Å². The molecule has 0 radical (unpaired) electrons. The third-order valence-corrected chi connectivity index (χ3v) is 5.18. The fourth-order valence-corrected chi connectivity index (χ4v) is 4.04. The summed E-state index contributed by atoms with van der Waals surface area (Å²) in [6.45, 7) is 2.24. The molecular weight excluding hydrogens is 419 g/mol. The van der Waals surface area contributed by atoms with Crippen molar-refractivity contribution >= 4 is 5.97 Å². The van der Waals surface area contributed by atoms with E-state index in [-0.39, 0.29) is 44.2 Å². The average molecular weight is 433 g/mol. The number of hydrogen-bond acceptors (Lipinski definition) is 2. The molecule has 0 saturated carbocycles. The molecular formula is C15H14BrIO2. The highest BCUT2D eigenvalue weighted by Crippen LogP contribution is 2.01. The van der Waals surface area contributed by atoms with Gasteiger partial charge in [-0.3, -0.25) is 0 Å². The molecule has 0 spiro atoms. The Bertz CT molecular complexity index is 529. The van der Waals surface area contributed by atoms with E-state index in [9.17, 15) is 4.79 Å². The Balaban J connectivity index is 0.00000180. The van der Waals surface area contributed by atoms with Crippen LogP contribution in [0.1, 0.15) is 17.3 Å². The first kappa shape index (κ1) is 16.2. The summed E-state index contributed by atoms with van der Waals surface area (Å²) in [5.74, 6) is -0.219. The van der Waals surface area contributed by atoms with E-state index in [0.717, 1.165) is 3.57 Å². The fraction of sp³-hybridized carbons (Fsp3) is 0.133. The zero-order valence-electron chi connectivity index (χ0n) is 10.5. The zero-order valence-corrected chi connectivity index (χ0v) is 14.2. The summed E-state index contributed by atoms with van der Waals surface area (Å²) < 4.78 is 7.50. The Morgan fingerprint density at radius 1 is 1.05 bits per heavy atom. The highest BCUT2D eigenvalue weighted by molar-refractivity contribution is 5.89. The highest BCUT2D eigenvalue weighted by Gasteiger charge is 2.23. The van der Waals surface area contributed by atoms with E-state index in [1.54, 1.807) is 0 Å². The molecule has 0 aromatic heterocycles. The maximum absolute atomic E-state index is 11.9. The number of ether oxygens (including phenoxy) is 1. The third-order valence-electron chi connectivity index (χ3n) is 2.31. The van der Waals surface area contributed by atoms with Crippen LogP contribution in [-0.4, -0.2) is 12.6 Å². The number of carbonyl (C=O) groups is 1. The lowest BCUT2D eigenvalue weighted by Crippen LogP contribution is -3.61. The molecule has 2 aromatic carbocycles.